The Morgan fingerprint density at radius 3 is 2.44 bits per heavy atom. The highest BCUT2D eigenvalue weighted by atomic mass is 35.5. The van der Waals surface area contributed by atoms with Gasteiger partial charge >= 0.3 is 5.92 Å². The lowest BCUT2D eigenvalue weighted by Gasteiger charge is -2.48. The van der Waals surface area contributed by atoms with Crippen molar-refractivity contribution >= 4 is 66.7 Å². The molecule has 3 atom stereocenters. The first kappa shape index (κ1) is 26.0. The molecular weight excluding hydrogens is 487 g/mol. The fraction of sp³-hybridized carbons (Fsp3) is 0.273. The molecule has 8 radical (unpaired) electrons. The van der Waals surface area contributed by atoms with Crippen LogP contribution < -0.4 is 5.32 Å². The average molecular weight is 501 g/mol. The summed E-state index contributed by atoms with van der Waals surface area (Å²) in [6, 6.07) is 8.67. The van der Waals surface area contributed by atoms with E-state index in [0.29, 0.717) is 10.4 Å². The van der Waals surface area contributed by atoms with Crippen LogP contribution in [0, 0.1) is 0 Å². The standard InChI is InChI=1S/C22H14B4ClF2N3O4/c23-15-8-16(33)32(26)20(36)21(15,25)31-9-11-7-10(1-6-14(11)18(31)34)17(24)30-19(35)22(28,29)12-2-4-13(27)5-3-12/h1-7,15,17H,8-9H2,(H,30,35). The van der Waals surface area contributed by atoms with Crippen LogP contribution in [0.25, 0.3) is 0 Å². The number of carbonyl (C=O) groups excluding carboxylic acids is 4. The molecule has 1 N–H and O–H groups in total. The van der Waals surface area contributed by atoms with Crippen molar-refractivity contribution in [1.29, 1.82) is 0 Å². The molecule has 2 aromatic rings. The molecule has 2 aliphatic rings. The molecule has 2 aliphatic heterocycles. The minimum Gasteiger partial charge on any atom is -0.352 e. The highest BCUT2D eigenvalue weighted by Crippen LogP contribution is 2.39. The van der Waals surface area contributed by atoms with E-state index in [1.807, 2.05) is 0 Å². The van der Waals surface area contributed by atoms with Gasteiger partial charge in [0.05, 0.1) is 13.3 Å². The van der Waals surface area contributed by atoms with Crippen LogP contribution in [0.1, 0.15) is 39.4 Å². The highest BCUT2D eigenvalue weighted by molar-refractivity contribution is 6.42. The van der Waals surface area contributed by atoms with Crippen LogP contribution in [0.4, 0.5) is 8.78 Å². The number of hydrogen-bond acceptors (Lipinski definition) is 4. The summed E-state index contributed by atoms with van der Waals surface area (Å²) >= 11 is 5.71. The predicted molar refractivity (Wildman–Crippen MR) is 129 cm³/mol. The van der Waals surface area contributed by atoms with E-state index in [-0.39, 0.29) is 29.1 Å². The van der Waals surface area contributed by atoms with E-state index in [9.17, 15) is 28.0 Å². The van der Waals surface area contributed by atoms with E-state index in [1.54, 1.807) is 0 Å². The Bertz CT molecular complexity index is 1280. The van der Waals surface area contributed by atoms with Crippen molar-refractivity contribution in [2.75, 3.05) is 0 Å². The first-order chi connectivity index (χ1) is 16.8. The van der Waals surface area contributed by atoms with Crippen molar-refractivity contribution in [1.82, 2.24) is 15.0 Å². The topological polar surface area (TPSA) is 86.8 Å². The van der Waals surface area contributed by atoms with Crippen LogP contribution in [-0.2, 0) is 26.9 Å². The van der Waals surface area contributed by atoms with E-state index < -0.39 is 52.3 Å². The monoisotopic (exact) mass is 501 g/mol. The van der Waals surface area contributed by atoms with Crippen molar-refractivity contribution in [3.8, 4) is 0 Å². The van der Waals surface area contributed by atoms with E-state index in [2.05, 4.69) is 5.32 Å². The van der Waals surface area contributed by atoms with E-state index >= 15 is 0 Å². The maximum Gasteiger partial charge on any atom is 0.349 e. The summed E-state index contributed by atoms with van der Waals surface area (Å²) in [4.78, 5) is 51.2. The molecule has 2 aromatic carbocycles. The lowest BCUT2D eigenvalue weighted by Crippen LogP contribution is -2.66. The molecular formula is C22H14B4ClF2N3O4. The Balaban J connectivity index is 1.54. The molecule has 0 spiro atoms. The number of nitrogens with zero attached hydrogens (tertiary/aromatic N) is 2. The van der Waals surface area contributed by atoms with Crippen molar-refractivity contribution < 1.29 is 28.0 Å². The Labute approximate surface area is 215 Å². The Kier molecular flexibility index (Phi) is 6.58. The number of nitrogens with one attached hydrogen (secondary N) is 1. The first-order valence-electron chi connectivity index (χ1n) is 10.6. The van der Waals surface area contributed by atoms with Gasteiger partial charge in [0.25, 0.3) is 11.8 Å². The zero-order valence-electron chi connectivity index (χ0n) is 18.6. The van der Waals surface area contributed by atoms with Gasteiger partial charge in [0.1, 0.15) is 15.7 Å². The predicted octanol–water partition coefficient (Wildman–Crippen LogP) is 1.04. The summed E-state index contributed by atoms with van der Waals surface area (Å²) < 4.78 is 29.2. The normalized spacial score (nSPS) is 23.0. The number of amides is 4. The number of imide groups is 1. The third-order valence-corrected chi connectivity index (χ3v) is 6.56. The molecule has 14 heteroatoms. The van der Waals surface area contributed by atoms with E-state index in [4.69, 9.17) is 43.1 Å². The maximum atomic E-state index is 14.6. The van der Waals surface area contributed by atoms with E-state index in [1.165, 1.54) is 30.3 Å². The number of benzene rings is 2. The van der Waals surface area contributed by atoms with Crippen LogP contribution in [0.3, 0.4) is 0 Å². The highest BCUT2D eigenvalue weighted by Gasteiger charge is 2.53. The van der Waals surface area contributed by atoms with Gasteiger partial charge in [-0.25, -0.2) is 0 Å². The largest absolute Gasteiger partial charge is 0.352 e. The first-order valence-corrected chi connectivity index (χ1v) is 11.0. The molecule has 2 heterocycles. The Hall–Kier alpha value is -3.07. The molecule has 4 rings (SSSR count). The Morgan fingerprint density at radius 1 is 1.17 bits per heavy atom. The molecule has 0 saturated carbocycles. The maximum absolute atomic E-state index is 14.6. The minimum atomic E-state index is -3.89. The summed E-state index contributed by atoms with van der Waals surface area (Å²) in [6.45, 7) is -0.193. The van der Waals surface area contributed by atoms with Gasteiger partial charge in [-0.05, 0) is 35.1 Å². The lowest BCUT2D eigenvalue weighted by molar-refractivity contribution is -0.148. The van der Waals surface area contributed by atoms with E-state index in [0.717, 1.165) is 17.0 Å². The molecule has 7 nitrogen and oxygen atoms in total. The molecule has 4 amide bonds. The smallest absolute Gasteiger partial charge is 0.349 e. The van der Waals surface area contributed by atoms with Crippen LogP contribution >= 0.6 is 11.6 Å². The molecule has 0 bridgehead atoms. The number of rotatable bonds is 5. The summed E-state index contributed by atoms with van der Waals surface area (Å²) in [6.07, 6.45) is -0.358. The molecule has 36 heavy (non-hydrogen) atoms. The summed E-state index contributed by atoms with van der Waals surface area (Å²) in [5.41, 5.74) is -1.92. The summed E-state index contributed by atoms with van der Waals surface area (Å²) in [7, 11) is 23.7. The Morgan fingerprint density at radius 2 is 1.81 bits per heavy atom. The second-order valence-corrected chi connectivity index (χ2v) is 8.98. The molecule has 174 valence electrons. The van der Waals surface area contributed by atoms with Gasteiger partial charge in [-0.15, -0.1) is 0 Å². The minimum absolute atomic E-state index is 0.161. The van der Waals surface area contributed by atoms with Gasteiger partial charge in [0.2, 0.25) is 19.8 Å². The van der Waals surface area contributed by atoms with Crippen molar-refractivity contribution in [3.05, 3.63) is 69.7 Å². The van der Waals surface area contributed by atoms with Gasteiger partial charge < -0.3 is 15.0 Å². The third kappa shape index (κ3) is 4.13. The molecule has 0 aromatic heterocycles. The van der Waals surface area contributed by atoms with Gasteiger partial charge in [-0.2, -0.15) is 8.78 Å². The second kappa shape index (κ2) is 9.10. The number of hydrogen-bond donors (Lipinski definition) is 1. The van der Waals surface area contributed by atoms with Crippen molar-refractivity contribution in [3.63, 3.8) is 0 Å². The fourth-order valence-corrected chi connectivity index (χ4v) is 4.29. The third-order valence-electron chi connectivity index (χ3n) is 6.31. The van der Waals surface area contributed by atoms with Crippen LogP contribution in [0.15, 0.2) is 42.5 Å². The molecule has 1 fully saturated rings. The van der Waals surface area contributed by atoms with Crippen molar-refractivity contribution in [2.24, 2.45) is 0 Å². The summed E-state index contributed by atoms with van der Waals surface area (Å²) in [5, 5.41) is 2.29. The van der Waals surface area contributed by atoms with Gasteiger partial charge in [-0.1, -0.05) is 35.9 Å². The molecule has 1 saturated heterocycles. The number of fused-ring (bicyclic) bond motifs is 1. The zero-order chi connectivity index (χ0) is 26.6. The van der Waals surface area contributed by atoms with Gasteiger partial charge in [0, 0.05) is 35.1 Å². The number of piperidine rings is 1. The quantitative estimate of drug-likeness (QED) is 0.491. The fourth-order valence-electron chi connectivity index (χ4n) is 4.16. The number of alkyl halides is 2. The number of carbonyl (C=O) groups is 4. The molecule has 0 aliphatic carbocycles. The van der Waals surface area contributed by atoms with Crippen molar-refractivity contribution in [2.45, 2.75) is 36.1 Å². The summed E-state index contributed by atoms with van der Waals surface area (Å²) in [5.74, 6) is -10.5. The lowest BCUT2D eigenvalue weighted by atomic mass is 9.55. The average Bonchev–Trinajstić information content (AvgIpc) is 3.17. The number of halogens is 3. The van der Waals surface area contributed by atoms with Gasteiger partial charge in [0.15, 0.2) is 0 Å². The van der Waals surface area contributed by atoms with Gasteiger partial charge in [-0.3, -0.25) is 19.2 Å². The SMILES string of the molecule is [B]C(NC(=O)C(F)(F)c1ccc(Cl)cc1)c1ccc2c(c1)CN(C1([B])C(=O)N([B])C(=O)CC1[B])C2=O. The zero-order valence-corrected chi connectivity index (χ0v) is 19.3. The van der Waals surface area contributed by atoms with Crippen LogP contribution in [-0.4, -0.2) is 70.3 Å². The van der Waals surface area contributed by atoms with Crippen LogP contribution in [0.5, 0.6) is 0 Å². The molecule has 3 unspecified atom stereocenters. The van der Waals surface area contributed by atoms with Crippen LogP contribution in [0.2, 0.25) is 10.8 Å². The second-order valence-electron chi connectivity index (χ2n) is 8.55.